The van der Waals surface area contributed by atoms with Crippen molar-refractivity contribution in [3.8, 4) is 0 Å². The number of allylic oxidation sites excluding steroid dienone is 15. The lowest BCUT2D eigenvalue weighted by Crippen LogP contribution is -2.60. The molecule has 0 saturated carbocycles. The minimum absolute atomic E-state index is 0.211. The lowest BCUT2D eigenvalue weighted by molar-refractivity contribution is -0.302. The zero-order valence-electron chi connectivity index (χ0n) is 34.6. The molecule has 0 aromatic heterocycles. The summed E-state index contributed by atoms with van der Waals surface area (Å²) in [6.45, 7) is 3.47. The standard InChI is InChI=1S/C47H77NO8/c1-3-5-7-9-11-13-15-16-17-18-19-20-21-22-23-24-25-26-27-29-31-33-35-37-43(51)48-40(39-55-47-46(54)45(53)44(52)42(38-49)56-47)41(50)36-34-32-30-28-14-12-10-8-6-4-2/h5-8,11,13-14,16-17,19-20,22-23,28,34,36,40-42,44-47,49-50,52-54H,3-4,9-10,12,15,18,21,24-27,29-33,35,37-39H2,1-2H3,(H,48,51)/b7-5-,8-6+,13-11-,17-16-,20-19-,23-22-,28-14+,36-34+. The molecule has 0 spiro atoms. The Balaban J connectivity index is 2.35. The molecule has 0 aromatic carbocycles. The van der Waals surface area contributed by atoms with Gasteiger partial charge in [0.15, 0.2) is 6.29 Å². The van der Waals surface area contributed by atoms with Gasteiger partial charge in [0.05, 0.1) is 25.4 Å². The van der Waals surface area contributed by atoms with Gasteiger partial charge in [0.25, 0.3) is 0 Å². The predicted octanol–water partition coefficient (Wildman–Crippen LogP) is 8.55. The topological polar surface area (TPSA) is 149 Å². The van der Waals surface area contributed by atoms with E-state index in [1.54, 1.807) is 6.08 Å². The first-order valence-corrected chi connectivity index (χ1v) is 21.5. The first kappa shape index (κ1) is 51.1. The van der Waals surface area contributed by atoms with Gasteiger partial charge in [-0.15, -0.1) is 0 Å². The monoisotopic (exact) mass is 784 g/mol. The fraction of sp³-hybridized carbons (Fsp3) is 0.638. The quantitative estimate of drug-likeness (QED) is 0.0287. The van der Waals surface area contributed by atoms with Gasteiger partial charge in [-0.05, 0) is 83.5 Å². The Hall–Kier alpha value is -2.89. The molecule has 1 fully saturated rings. The Labute approximate surface area is 339 Å². The summed E-state index contributed by atoms with van der Waals surface area (Å²) in [5, 5.41) is 53.9. The molecule has 7 atom stereocenters. The zero-order valence-corrected chi connectivity index (χ0v) is 34.6. The van der Waals surface area contributed by atoms with Gasteiger partial charge >= 0.3 is 0 Å². The molecule has 1 aliphatic rings. The largest absolute Gasteiger partial charge is 0.394 e. The number of unbranched alkanes of at least 4 members (excludes halogenated alkanes) is 9. The van der Waals surface area contributed by atoms with Crippen LogP contribution in [0.1, 0.15) is 136 Å². The Morgan fingerprint density at radius 1 is 0.607 bits per heavy atom. The Morgan fingerprint density at radius 2 is 1.07 bits per heavy atom. The Morgan fingerprint density at radius 3 is 1.64 bits per heavy atom. The lowest BCUT2D eigenvalue weighted by Gasteiger charge is -2.40. The highest BCUT2D eigenvalue weighted by Crippen LogP contribution is 2.22. The van der Waals surface area contributed by atoms with Crippen LogP contribution in [0.2, 0.25) is 0 Å². The fourth-order valence-corrected chi connectivity index (χ4v) is 5.98. The highest BCUT2D eigenvalue weighted by Gasteiger charge is 2.44. The second kappa shape index (κ2) is 36.5. The van der Waals surface area contributed by atoms with E-state index in [-0.39, 0.29) is 12.5 Å². The molecule has 1 heterocycles. The van der Waals surface area contributed by atoms with Crippen LogP contribution in [-0.4, -0.2) is 87.5 Å². The average Bonchev–Trinajstić information content (AvgIpc) is 3.20. The molecular weight excluding hydrogens is 707 g/mol. The Bertz CT molecular complexity index is 1190. The summed E-state index contributed by atoms with van der Waals surface area (Å²) >= 11 is 0. The summed E-state index contributed by atoms with van der Waals surface area (Å²) in [4.78, 5) is 12.9. The van der Waals surface area contributed by atoms with Crippen molar-refractivity contribution in [3.63, 3.8) is 0 Å². The molecular formula is C47H77NO8. The molecule has 0 bridgehead atoms. The lowest BCUT2D eigenvalue weighted by atomic mass is 9.99. The summed E-state index contributed by atoms with van der Waals surface area (Å²) in [5.41, 5.74) is 0. The second-order valence-corrected chi connectivity index (χ2v) is 14.4. The number of rotatable bonds is 33. The van der Waals surface area contributed by atoms with Crippen molar-refractivity contribution < 1.29 is 39.8 Å². The number of hydrogen-bond acceptors (Lipinski definition) is 8. The van der Waals surface area contributed by atoms with E-state index in [2.05, 4.69) is 104 Å². The smallest absolute Gasteiger partial charge is 0.220 e. The molecule has 0 aromatic rings. The van der Waals surface area contributed by atoms with Crippen LogP contribution in [0, 0.1) is 0 Å². The van der Waals surface area contributed by atoms with Gasteiger partial charge in [-0.2, -0.15) is 0 Å². The van der Waals surface area contributed by atoms with E-state index in [0.29, 0.717) is 6.42 Å². The van der Waals surface area contributed by atoms with Crippen LogP contribution in [0.3, 0.4) is 0 Å². The van der Waals surface area contributed by atoms with E-state index in [1.165, 1.54) is 19.3 Å². The summed E-state index contributed by atoms with van der Waals surface area (Å²) < 4.78 is 11.1. The summed E-state index contributed by atoms with van der Waals surface area (Å²) in [7, 11) is 0. The van der Waals surface area contributed by atoms with Gasteiger partial charge in [0.1, 0.15) is 24.4 Å². The summed E-state index contributed by atoms with van der Waals surface area (Å²) in [5.74, 6) is -0.211. The molecule has 0 radical (unpaired) electrons. The molecule has 1 saturated heterocycles. The first-order valence-electron chi connectivity index (χ1n) is 21.5. The SMILES string of the molecule is CC/C=C\C/C=C\C/C=C\C/C=C\C/C=C\CCCCCCCCCC(=O)NC(COC1OC(CO)C(O)C(O)C1O)C(O)/C=C/CC/C=C/CC/C=C/CC. The van der Waals surface area contributed by atoms with E-state index in [4.69, 9.17) is 9.47 Å². The van der Waals surface area contributed by atoms with Gasteiger partial charge in [-0.25, -0.2) is 0 Å². The van der Waals surface area contributed by atoms with Crippen LogP contribution in [0.15, 0.2) is 97.2 Å². The van der Waals surface area contributed by atoms with Crippen molar-refractivity contribution in [3.05, 3.63) is 97.2 Å². The zero-order chi connectivity index (χ0) is 40.9. The third-order valence-corrected chi connectivity index (χ3v) is 9.38. The van der Waals surface area contributed by atoms with Crippen molar-refractivity contribution in [1.82, 2.24) is 5.32 Å². The van der Waals surface area contributed by atoms with Gasteiger partial charge in [0, 0.05) is 6.42 Å². The van der Waals surface area contributed by atoms with Crippen LogP contribution in [0.25, 0.3) is 0 Å². The second-order valence-electron chi connectivity index (χ2n) is 14.4. The van der Waals surface area contributed by atoms with Crippen molar-refractivity contribution in [2.75, 3.05) is 13.2 Å². The minimum atomic E-state index is -1.58. The van der Waals surface area contributed by atoms with E-state index < -0.39 is 49.5 Å². The van der Waals surface area contributed by atoms with Crippen molar-refractivity contribution >= 4 is 5.91 Å². The fourth-order valence-electron chi connectivity index (χ4n) is 5.98. The first-order chi connectivity index (χ1) is 27.3. The maximum atomic E-state index is 12.9. The molecule has 7 unspecified atom stereocenters. The highest BCUT2D eigenvalue weighted by molar-refractivity contribution is 5.76. The maximum Gasteiger partial charge on any atom is 0.220 e. The van der Waals surface area contributed by atoms with Crippen molar-refractivity contribution in [2.24, 2.45) is 0 Å². The number of carbonyl (C=O) groups excluding carboxylic acids is 1. The summed E-state index contributed by atoms with van der Waals surface area (Å²) in [6.07, 6.45) is 44.6. The molecule has 6 N–H and O–H groups in total. The van der Waals surface area contributed by atoms with Crippen LogP contribution < -0.4 is 5.32 Å². The number of ether oxygens (including phenoxy) is 2. The molecule has 9 nitrogen and oxygen atoms in total. The third-order valence-electron chi connectivity index (χ3n) is 9.38. The van der Waals surface area contributed by atoms with Gasteiger partial charge in [-0.3, -0.25) is 4.79 Å². The number of amides is 1. The number of nitrogens with one attached hydrogen (secondary N) is 1. The van der Waals surface area contributed by atoms with E-state index in [0.717, 1.165) is 96.3 Å². The minimum Gasteiger partial charge on any atom is -0.394 e. The molecule has 1 rings (SSSR count). The van der Waals surface area contributed by atoms with Crippen molar-refractivity contribution in [2.45, 2.75) is 179 Å². The predicted molar refractivity (Wildman–Crippen MR) is 230 cm³/mol. The highest BCUT2D eigenvalue weighted by atomic mass is 16.7. The molecule has 1 aliphatic heterocycles. The van der Waals surface area contributed by atoms with Crippen LogP contribution >= 0.6 is 0 Å². The van der Waals surface area contributed by atoms with Gasteiger partial charge < -0.3 is 40.3 Å². The van der Waals surface area contributed by atoms with E-state index in [1.807, 2.05) is 6.08 Å². The number of carbonyl (C=O) groups is 1. The Kier molecular flexibility index (Phi) is 33.3. The van der Waals surface area contributed by atoms with Crippen molar-refractivity contribution in [1.29, 1.82) is 0 Å². The van der Waals surface area contributed by atoms with Gasteiger partial charge in [0.2, 0.25) is 5.91 Å². The molecule has 1 amide bonds. The molecule has 9 heteroatoms. The number of aliphatic hydroxyl groups is 5. The molecule has 318 valence electrons. The third kappa shape index (κ3) is 26.9. The van der Waals surface area contributed by atoms with Crippen LogP contribution in [0.5, 0.6) is 0 Å². The van der Waals surface area contributed by atoms with E-state index in [9.17, 15) is 30.3 Å². The normalized spacial score (nSPS) is 22.2. The molecule has 0 aliphatic carbocycles. The van der Waals surface area contributed by atoms with Crippen LogP contribution in [-0.2, 0) is 14.3 Å². The number of hydrogen-bond donors (Lipinski definition) is 6. The van der Waals surface area contributed by atoms with E-state index >= 15 is 0 Å². The average molecular weight is 784 g/mol. The van der Waals surface area contributed by atoms with Crippen LogP contribution in [0.4, 0.5) is 0 Å². The molecule has 56 heavy (non-hydrogen) atoms. The number of aliphatic hydroxyl groups excluding tert-OH is 5. The maximum absolute atomic E-state index is 12.9. The van der Waals surface area contributed by atoms with Gasteiger partial charge in [-0.1, -0.05) is 143 Å². The summed E-state index contributed by atoms with van der Waals surface area (Å²) in [6, 6.07) is -0.838.